The molecule has 1 saturated heterocycles. The van der Waals surface area contributed by atoms with Gasteiger partial charge in [0.25, 0.3) is 10.1 Å². The number of ether oxygens (including phenoxy) is 1. The first-order chi connectivity index (χ1) is 12.8. The first-order valence-corrected chi connectivity index (χ1v) is 12.4. The van der Waals surface area contributed by atoms with E-state index in [1.54, 1.807) is 10.3 Å². The van der Waals surface area contributed by atoms with E-state index in [0.717, 1.165) is 23.4 Å². The molecule has 2 rings (SSSR count). The highest BCUT2D eigenvalue weighted by molar-refractivity contribution is 8.01. The number of aromatic nitrogens is 1. The van der Waals surface area contributed by atoms with Crippen molar-refractivity contribution in [1.29, 1.82) is 0 Å². The quantitative estimate of drug-likeness (QED) is 0.225. The Morgan fingerprint density at radius 3 is 2.96 bits per heavy atom. The van der Waals surface area contributed by atoms with Crippen LogP contribution in [0.2, 0.25) is 0 Å². The van der Waals surface area contributed by atoms with Gasteiger partial charge < -0.3 is 9.64 Å². The molecule has 152 valence electrons. The van der Waals surface area contributed by atoms with Crippen LogP contribution in [0.5, 0.6) is 0 Å². The lowest BCUT2D eigenvalue weighted by Crippen LogP contribution is -2.38. The molecule has 1 atom stereocenters. The van der Waals surface area contributed by atoms with Gasteiger partial charge in [0.2, 0.25) is 5.91 Å². The molecule has 0 N–H and O–H groups in total. The Hall–Kier alpha value is -1.17. The molecule has 11 heteroatoms. The molecule has 1 amide bonds. The minimum absolute atomic E-state index is 0.00275. The molecule has 1 aliphatic rings. The lowest BCUT2D eigenvalue weighted by atomic mass is 10.2. The highest BCUT2D eigenvalue weighted by Gasteiger charge is 2.31. The Morgan fingerprint density at radius 2 is 2.26 bits per heavy atom. The van der Waals surface area contributed by atoms with Gasteiger partial charge in [-0.25, -0.2) is 9.78 Å². The number of hydrogen-bond acceptors (Lipinski definition) is 9. The minimum Gasteiger partial charge on any atom is -0.461 e. The van der Waals surface area contributed by atoms with Crippen LogP contribution in [-0.2, 0) is 23.8 Å². The van der Waals surface area contributed by atoms with Gasteiger partial charge in [-0.3, -0.25) is 8.98 Å². The Bertz CT molecular complexity index is 749. The maximum Gasteiger partial charge on any atom is 0.357 e. The molecule has 0 bridgehead atoms. The number of thiazole rings is 1. The third-order valence-electron chi connectivity index (χ3n) is 3.91. The molecule has 1 aliphatic heterocycles. The molecule has 0 aliphatic carbocycles. The van der Waals surface area contributed by atoms with Crippen molar-refractivity contribution in [3.8, 4) is 0 Å². The van der Waals surface area contributed by atoms with Crippen molar-refractivity contribution in [3.05, 3.63) is 11.1 Å². The Morgan fingerprint density at radius 1 is 1.48 bits per heavy atom. The Balaban J connectivity index is 1.79. The molecule has 0 unspecified atom stereocenters. The van der Waals surface area contributed by atoms with E-state index in [9.17, 15) is 18.0 Å². The summed E-state index contributed by atoms with van der Waals surface area (Å²) in [6, 6.07) is -0.228. The third kappa shape index (κ3) is 7.40. The average Bonchev–Trinajstić information content (AvgIpc) is 3.20. The minimum atomic E-state index is -3.53. The van der Waals surface area contributed by atoms with Gasteiger partial charge >= 0.3 is 5.97 Å². The van der Waals surface area contributed by atoms with E-state index >= 15 is 0 Å². The van der Waals surface area contributed by atoms with E-state index in [0.29, 0.717) is 37.4 Å². The van der Waals surface area contributed by atoms with Crippen molar-refractivity contribution in [1.82, 2.24) is 9.88 Å². The van der Waals surface area contributed by atoms with Crippen molar-refractivity contribution in [2.24, 2.45) is 0 Å². The fraction of sp³-hybridized carbons (Fsp3) is 0.688. The van der Waals surface area contributed by atoms with Crippen LogP contribution in [0.4, 0.5) is 0 Å². The van der Waals surface area contributed by atoms with Crippen molar-refractivity contribution in [2.75, 3.05) is 31.8 Å². The summed E-state index contributed by atoms with van der Waals surface area (Å²) in [5.41, 5.74) is 0.301. The number of unbranched alkanes of at least 4 members (excludes halogenated alkanes) is 1. The van der Waals surface area contributed by atoms with Crippen LogP contribution in [-0.4, -0.2) is 68.0 Å². The molecular formula is C16H24N2O6S3. The van der Waals surface area contributed by atoms with Crippen LogP contribution in [0, 0.1) is 0 Å². The number of amides is 1. The number of hydrogen-bond donors (Lipinski definition) is 0. The molecule has 1 aromatic heterocycles. The van der Waals surface area contributed by atoms with Crippen molar-refractivity contribution in [2.45, 2.75) is 43.0 Å². The lowest BCUT2D eigenvalue weighted by molar-refractivity contribution is -0.129. The molecule has 0 radical (unpaired) electrons. The van der Waals surface area contributed by atoms with Gasteiger partial charge in [-0.15, -0.1) is 11.3 Å². The topological polar surface area (TPSA) is 103 Å². The molecule has 0 saturated carbocycles. The van der Waals surface area contributed by atoms with E-state index in [4.69, 9.17) is 8.92 Å². The van der Waals surface area contributed by atoms with Gasteiger partial charge in [0.15, 0.2) is 10.0 Å². The zero-order valence-corrected chi connectivity index (χ0v) is 17.8. The summed E-state index contributed by atoms with van der Waals surface area (Å²) in [5, 5.41) is 1.67. The van der Waals surface area contributed by atoms with E-state index < -0.39 is 16.1 Å². The predicted octanol–water partition coefficient (Wildman–Crippen LogP) is 2.16. The Kier molecular flexibility index (Phi) is 8.52. The summed E-state index contributed by atoms with van der Waals surface area (Å²) in [4.78, 5) is 29.8. The smallest absolute Gasteiger partial charge is 0.357 e. The first-order valence-electron chi connectivity index (χ1n) is 8.69. The van der Waals surface area contributed by atoms with Gasteiger partial charge in [-0.05, 0) is 12.8 Å². The Labute approximate surface area is 167 Å². The fourth-order valence-corrected chi connectivity index (χ4v) is 4.72. The predicted molar refractivity (Wildman–Crippen MR) is 104 cm³/mol. The molecule has 0 aromatic carbocycles. The second-order valence-electron chi connectivity index (χ2n) is 6.10. The summed E-state index contributed by atoms with van der Waals surface area (Å²) in [6.07, 6.45) is 3.76. The summed E-state index contributed by atoms with van der Waals surface area (Å²) in [5.74, 6) is 0.176. The van der Waals surface area contributed by atoms with Crippen LogP contribution in [0.25, 0.3) is 0 Å². The standard InChI is InChI=1S/C16H24N2O6S3/c1-3-4-8-23-15(20)13-11-26-16(17-13)25-9-7-18-12(5-6-14(18)19)10-24-27(2,21)22/h11-12H,3-10H2,1-2H3/t12-/m1/s1. The molecule has 2 heterocycles. The van der Waals surface area contributed by atoms with E-state index in [-0.39, 0.29) is 18.6 Å². The number of rotatable bonds is 11. The number of carbonyl (C=O) groups is 2. The monoisotopic (exact) mass is 436 g/mol. The van der Waals surface area contributed by atoms with Gasteiger partial charge in [-0.1, -0.05) is 25.1 Å². The number of carbonyl (C=O) groups excluding carboxylic acids is 2. The van der Waals surface area contributed by atoms with Gasteiger partial charge in [-0.2, -0.15) is 8.42 Å². The van der Waals surface area contributed by atoms with E-state index in [1.807, 2.05) is 6.92 Å². The zero-order chi connectivity index (χ0) is 19.9. The summed E-state index contributed by atoms with van der Waals surface area (Å²) in [6.45, 7) is 2.87. The third-order valence-corrected chi connectivity index (χ3v) is 6.47. The van der Waals surface area contributed by atoms with Crippen LogP contribution in [0.3, 0.4) is 0 Å². The number of esters is 1. The molecule has 27 heavy (non-hydrogen) atoms. The van der Waals surface area contributed by atoms with Crippen LogP contribution in [0.1, 0.15) is 43.1 Å². The molecule has 8 nitrogen and oxygen atoms in total. The summed E-state index contributed by atoms with van der Waals surface area (Å²) < 4.78 is 33.0. The molecule has 1 fully saturated rings. The van der Waals surface area contributed by atoms with Gasteiger partial charge in [0, 0.05) is 24.1 Å². The SMILES string of the molecule is CCCCOC(=O)c1csc(SCCN2C(=O)CC[C@@H]2COS(C)(=O)=O)n1. The lowest BCUT2D eigenvalue weighted by Gasteiger charge is -2.23. The zero-order valence-electron chi connectivity index (χ0n) is 15.4. The van der Waals surface area contributed by atoms with Crippen molar-refractivity contribution < 1.29 is 26.9 Å². The maximum atomic E-state index is 12.0. The number of likely N-dealkylation sites (tertiary alicyclic amines) is 1. The highest BCUT2D eigenvalue weighted by Crippen LogP contribution is 2.25. The molecular weight excluding hydrogens is 412 g/mol. The highest BCUT2D eigenvalue weighted by atomic mass is 32.2. The van der Waals surface area contributed by atoms with Crippen LogP contribution in [0.15, 0.2) is 9.72 Å². The number of thioether (sulfide) groups is 1. The molecule has 1 aromatic rings. The maximum absolute atomic E-state index is 12.0. The summed E-state index contributed by atoms with van der Waals surface area (Å²) >= 11 is 2.81. The number of nitrogens with zero attached hydrogens (tertiary/aromatic N) is 2. The normalized spacial score (nSPS) is 17.5. The van der Waals surface area contributed by atoms with Gasteiger partial charge in [0.05, 0.1) is 25.5 Å². The van der Waals surface area contributed by atoms with E-state index in [2.05, 4.69) is 4.98 Å². The average molecular weight is 437 g/mol. The van der Waals surface area contributed by atoms with Crippen LogP contribution >= 0.6 is 23.1 Å². The second-order valence-corrected chi connectivity index (χ2v) is 9.95. The van der Waals surface area contributed by atoms with Crippen LogP contribution < -0.4 is 0 Å². The van der Waals surface area contributed by atoms with Gasteiger partial charge in [0.1, 0.15) is 0 Å². The second kappa shape index (κ2) is 10.4. The summed E-state index contributed by atoms with van der Waals surface area (Å²) in [7, 11) is -3.53. The largest absolute Gasteiger partial charge is 0.461 e. The first kappa shape index (κ1) is 22.1. The van der Waals surface area contributed by atoms with Crippen molar-refractivity contribution in [3.63, 3.8) is 0 Å². The molecule has 0 spiro atoms. The fourth-order valence-electron chi connectivity index (χ4n) is 2.51. The van der Waals surface area contributed by atoms with E-state index in [1.165, 1.54) is 23.1 Å². The van der Waals surface area contributed by atoms with Crippen molar-refractivity contribution >= 4 is 45.1 Å².